The maximum absolute atomic E-state index is 5.96. The van der Waals surface area contributed by atoms with Gasteiger partial charge in [0.2, 0.25) is 0 Å². The van der Waals surface area contributed by atoms with E-state index in [0.717, 1.165) is 13.1 Å². The molecule has 20 heavy (non-hydrogen) atoms. The molecule has 0 atom stereocenters. The van der Waals surface area contributed by atoms with Crippen molar-refractivity contribution in [3.05, 3.63) is 35.4 Å². The van der Waals surface area contributed by atoms with Gasteiger partial charge in [0.15, 0.2) is 5.96 Å². The van der Waals surface area contributed by atoms with Crippen molar-refractivity contribution >= 4 is 29.9 Å². The molecule has 3 nitrogen and oxygen atoms in total. The van der Waals surface area contributed by atoms with Crippen LogP contribution in [0.5, 0.6) is 0 Å². The van der Waals surface area contributed by atoms with Gasteiger partial charge < -0.3 is 10.6 Å². The molecule has 1 aromatic carbocycles. The number of benzene rings is 1. The first-order chi connectivity index (χ1) is 8.88. The summed E-state index contributed by atoms with van der Waals surface area (Å²) in [7, 11) is 0. The SMILES string of the molecule is CCN(CC)C(N)=NCc1ccc(C(C)(C)C)cc1.I. The molecule has 0 heterocycles. The molecule has 1 aromatic rings. The number of nitrogens with two attached hydrogens (primary N) is 1. The van der Waals surface area contributed by atoms with Crippen LogP contribution in [0.4, 0.5) is 0 Å². The highest BCUT2D eigenvalue weighted by atomic mass is 127. The summed E-state index contributed by atoms with van der Waals surface area (Å²) in [4.78, 5) is 6.51. The summed E-state index contributed by atoms with van der Waals surface area (Å²) in [6.45, 7) is 13.3. The van der Waals surface area contributed by atoms with Crippen molar-refractivity contribution in [2.75, 3.05) is 13.1 Å². The zero-order valence-corrected chi connectivity index (χ0v) is 15.6. The molecule has 0 aliphatic carbocycles. The van der Waals surface area contributed by atoms with Crippen molar-refractivity contribution in [3.63, 3.8) is 0 Å². The van der Waals surface area contributed by atoms with Gasteiger partial charge in [0.25, 0.3) is 0 Å². The highest BCUT2D eigenvalue weighted by Crippen LogP contribution is 2.22. The number of nitrogens with zero attached hydrogens (tertiary/aromatic N) is 2. The smallest absolute Gasteiger partial charge is 0.191 e. The van der Waals surface area contributed by atoms with Crippen LogP contribution in [0.3, 0.4) is 0 Å². The Balaban J connectivity index is 0.00000361. The van der Waals surface area contributed by atoms with Crippen molar-refractivity contribution in [2.45, 2.75) is 46.6 Å². The van der Waals surface area contributed by atoms with Crippen molar-refractivity contribution < 1.29 is 0 Å². The maximum Gasteiger partial charge on any atom is 0.191 e. The van der Waals surface area contributed by atoms with Crippen LogP contribution >= 0.6 is 24.0 Å². The van der Waals surface area contributed by atoms with Gasteiger partial charge >= 0.3 is 0 Å². The third-order valence-corrected chi connectivity index (χ3v) is 3.33. The Labute approximate surface area is 140 Å². The van der Waals surface area contributed by atoms with Crippen molar-refractivity contribution in [2.24, 2.45) is 10.7 Å². The van der Waals surface area contributed by atoms with E-state index < -0.39 is 0 Å². The normalized spacial score (nSPS) is 11.9. The van der Waals surface area contributed by atoms with Crippen LogP contribution in [-0.4, -0.2) is 23.9 Å². The first-order valence-corrected chi connectivity index (χ1v) is 7.02. The van der Waals surface area contributed by atoms with Gasteiger partial charge in [-0.2, -0.15) is 0 Å². The lowest BCUT2D eigenvalue weighted by atomic mass is 9.87. The second-order valence-corrected chi connectivity index (χ2v) is 5.79. The molecule has 0 spiro atoms. The highest BCUT2D eigenvalue weighted by molar-refractivity contribution is 14.0. The van der Waals surface area contributed by atoms with E-state index in [2.05, 4.69) is 68.8 Å². The zero-order chi connectivity index (χ0) is 14.5. The molecule has 2 N–H and O–H groups in total. The first-order valence-electron chi connectivity index (χ1n) is 7.02. The Morgan fingerprint density at radius 2 is 1.60 bits per heavy atom. The summed E-state index contributed by atoms with van der Waals surface area (Å²) in [5, 5.41) is 0. The molecule has 4 heteroatoms. The summed E-state index contributed by atoms with van der Waals surface area (Å²) in [5.74, 6) is 0.630. The second-order valence-electron chi connectivity index (χ2n) is 5.79. The Kier molecular flexibility index (Phi) is 8.16. The third-order valence-electron chi connectivity index (χ3n) is 3.33. The van der Waals surface area contributed by atoms with Crippen LogP contribution < -0.4 is 5.73 Å². The molecular formula is C16H28IN3. The van der Waals surface area contributed by atoms with Crippen LogP contribution in [0.15, 0.2) is 29.3 Å². The van der Waals surface area contributed by atoms with E-state index in [1.54, 1.807) is 0 Å². The van der Waals surface area contributed by atoms with Gasteiger partial charge in [-0.25, -0.2) is 4.99 Å². The fraction of sp³-hybridized carbons (Fsp3) is 0.562. The van der Waals surface area contributed by atoms with Crippen LogP contribution in [0.25, 0.3) is 0 Å². The Morgan fingerprint density at radius 1 is 1.10 bits per heavy atom. The van der Waals surface area contributed by atoms with Crippen molar-refractivity contribution in [3.8, 4) is 0 Å². The average molecular weight is 389 g/mol. The number of hydrogen-bond acceptors (Lipinski definition) is 1. The lowest BCUT2D eigenvalue weighted by Crippen LogP contribution is -2.37. The van der Waals surface area contributed by atoms with Gasteiger partial charge in [0.1, 0.15) is 0 Å². The molecular weight excluding hydrogens is 361 g/mol. The topological polar surface area (TPSA) is 41.6 Å². The van der Waals surface area contributed by atoms with E-state index >= 15 is 0 Å². The second kappa shape index (κ2) is 8.49. The van der Waals surface area contributed by atoms with E-state index in [1.807, 2.05) is 0 Å². The Bertz CT molecular complexity index is 414. The first kappa shape index (κ1) is 19.2. The molecule has 0 aliphatic rings. The molecule has 0 fully saturated rings. The Hall–Kier alpha value is -0.780. The minimum absolute atomic E-state index is 0. The predicted molar refractivity (Wildman–Crippen MR) is 98.8 cm³/mol. The van der Waals surface area contributed by atoms with Gasteiger partial charge in [0.05, 0.1) is 6.54 Å². The Morgan fingerprint density at radius 3 is 2.00 bits per heavy atom. The molecule has 0 aromatic heterocycles. The third kappa shape index (κ3) is 5.69. The molecule has 0 radical (unpaired) electrons. The lowest BCUT2D eigenvalue weighted by Gasteiger charge is -2.20. The minimum Gasteiger partial charge on any atom is -0.370 e. The predicted octanol–water partition coefficient (Wildman–Crippen LogP) is 3.76. The summed E-state index contributed by atoms with van der Waals surface area (Å²) in [6.07, 6.45) is 0. The standard InChI is InChI=1S/C16H27N3.HI/c1-6-19(7-2)15(17)18-12-13-8-10-14(11-9-13)16(3,4)5;/h8-11H,6-7,12H2,1-5H3,(H2,17,18);1H. The van der Waals surface area contributed by atoms with Crippen molar-refractivity contribution in [1.29, 1.82) is 0 Å². The number of hydrogen-bond donors (Lipinski definition) is 1. The van der Waals surface area contributed by atoms with Gasteiger partial charge in [-0.1, -0.05) is 45.0 Å². The molecule has 1 rings (SSSR count). The summed E-state index contributed by atoms with van der Waals surface area (Å²) >= 11 is 0. The van der Waals surface area contributed by atoms with Gasteiger partial charge in [-0.3, -0.25) is 0 Å². The minimum atomic E-state index is 0. The highest BCUT2D eigenvalue weighted by Gasteiger charge is 2.12. The number of rotatable bonds is 4. The van der Waals surface area contributed by atoms with Crippen LogP contribution in [-0.2, 0) is 12.0 Å². The molecule has 0 unspecified atom stereocenters. The molecule has 0 bridgehead atoms. The summed E-state index contributed by atoms with van der Waals surface area (Å²) in [6, 6.07) is 8.64. The van der Waals surface area contributed by atoms with E-state index in [-0.39, 0.29) is 29.4 Å². The van der Waals surface area contributed by atoms with E-state index in [9.17, 15) is 0 Å². The fourth-order valence-corrected chi connectivity index (χ4v) is 1.93. The summed E-state index contributed by atoms with van der Waals surface area (Å²) < 4.78 is 0. The molecule has 0 amide bonds. The average Bonchev–Trinajstić information content (AvgIpc) is 2.37. The monoisotopic (exact) mass is 389 g/mol. The number of halogens is 1. The maximum atomic E-state index is 5.96. The number of aliphatic imine (C=N–C) groups is 1. The largest absolute Gasteiger partial charge is 0.370 e. The lowest BCUT2D eigenvalue weighted by molar-refractivity contribution is 0.458. The van der Waals surface area contributed by atoms with E-state index in [4.69, 9.17) is 5.73 Å². The summed E-state index contributed by atoms with van der Waals surface area (Å²) in [5.41, 5.74) is 8.70. The van der Waals surface area contributed by atoms with E-state index in [1.165, 1.54) is 11.1 Å². The van der Waals surface area contributed by atoms with E-state index in [0.29, 0.717) is 12.5 Å². The van der Waals surface area contributed by atoms with Crippen LogP contribution in [0, 0.1) is 0 Å². The van der Waals surface area contributed by atoms with Crippen LogP contribution in [0.1, 0.15) is 45.7 Å². The molecule has 0 saturated heterocycles. The van der Waals surface area contributed by atoms with Crippen molar-refractivity contribution in [1.82, 2.24) is 4.90 Å². The van der Waals surface area contributed by atoms with Crippen LogP contribution in [0.2, 0.25) is 0 Å². The van der Waals surface area contributed by atoms with Gasteiger partial charge in [-0.15, -0.1) is 24.0 Å². The molecule has 114 valence electrons. The molecule has 0 aliphatic heterocycles. The van der Waals surface area contributed by atoms with Gasteiger partial charge in [0, 0.05) is 13.1 Å². The zero-order valence-electron chi connectivity index (χ0n) is 13.3. The molecule has 0 saturated carbocycles. The van der Waals surface area contributed by atoms with Gasteiger partial charge in [-0.05, 0) is 30.4 Å². The number of guanidine groups is 1. The quantitative estimate of drug-likeness (QED) is 0.484. The fourth-order valence-electron chi connectivity index (χ4n) is 1.93.